The van der Waals surface area contributed by atoms with Gasteiger partial charge in [-0.05, 0) is 69.4 Å². The number of carbonyl (C=O) groups excluding carboxylic acids is 2. The first-order valence-corrected chi connectivity index (χ1v) is 13.5. The van der Waals surface area contributed by atoms with E-state index in [-0.39, 0.29) is 24.3 Å². The second-order valence-electron chi connectivity index (χ2n) is 9.20. The van der Waals surface area contributed by atoms with E-state index in [0.717, 1.165) is 45.2 Å². The van der Waals surface area contributed by atoms with Gasteiger partial charge in [-0.3, -0.25) is 14.5 Å². The van der Waals surface area contributed by atoms with Crippen LogP contribution in [0.1, 0.15) is 11.1 Å². The summed E-state index contributed by atoms with van der Waals surface area (Å²) in [7, 11) is 0. The summed E-state index contributed by atoms with van der Waals surface area (Å²) in [5.41, 5.74) is 1.92. The average Bonchev–Trinajstić information content (AvgIpc) is 3.24. The lowest BCUT2D eigenvalue weighted by Crippen LogP contribution is -2.32. The fourth-order valence-electron chi connectivity index (χ4n) is 4.57. The fourth-order valence-corrected chi connectivity index (χ4v) is 5.43. The molecular formula is C33H25NO4S. The number of imide groups is 1. The molecule has 1 aliphatic heterocycles. The summed E-state index contributed by atoms with van der Waals surface area (Å²) < 4.78 is 11.9. The van der Waals surface area contributed by atoms with Gasteiger partial charge in [-0.2, -0.15) is 0 Å². The van der Waals surface area contributed by atoms with Crippen molar-refractivity contribution in [1.82, 2.24) is 4.90 Å². The summed E-state index contributed by atoms with van der Waals surface area (Å²) in [5.74, 6) is 1.17. The van der Waals surface area contributed by atoms with Crippen molar-refractivity contribution in [1.29, 1.82) is 0 Å². The molecule has 0 aromatic heterocycles. The molecule has 39 heavy (non-hydrogen) atoms. The van der Waals surface area contributed by atoms with Crippen LogP contribution in [0.25, 0.3) is 27.6 Å². The molecule has 0 spiro atoms. The third-order valence-corrected chi connectivity index (χ3v) is 7.50. The molecule has 0 unspecified atom stereocenters. The first kappa shape index (κ1) is 24.8. The van der Waals surface area contributed by atoms with E-state index in [1.54, 1.807) is 6.08 Å². The molecule has 6 rings (SSSR count). The largest absolute Gasteiger partial charge is 0.491 e. The molecule has 1 heterocycles. The predicted molar refractivity (Wildman–Crippen MR) is 157 cm³/mol. The molecular weight excluding hydrogens is 506 g/mol. The second-order valence-corrected chi connectivity index (χ2v) is 10.2. The number of hydrogen-bond donors (Lipinski definition) is 0. The molecule has 5 aromatic rings. The topological polar surface area (TPSA) is 55.8 Å². The maximum absolute atomic E-state index is 12.9. The SMILES string of the molecule is O=C1S/C(=C\c2ccc(OCc3ccc4ccccc4c3)cc2)C(=O)N1CCOc1cccc2ccccc12. The monoisotopic (exact) mass is 531 g/mol. The summed E-state index contributed by atoms with van der Waals surface area (Å²) in [6.45, 7) is 0.874. The fraction of sp³-hybridized carbons (Fsp3) is 0.0909. The first-order chi connectivity index (χ1) is 19.1. The van der Waals surface area contributed by atoms with Crippen molar-refractivity contribution >= 4 is 50.5 Å². The number of amides is 2. The zero-order valence-electron chi connectivity index (χ0n) is 21.1. The van der Waals surface area contributed by atoms with Gasteiger partial charge in [-0.1, -0.05) is 84.9 Å². The van der Waals surface area contributed by atoms with Gasteiger partial charge in [0.2, 0.25) is 0 Å². The van der Waals surface area contributed by atoms with E-state index in [1.165, 1.54) is 15.7 Å². The van der Waals surface area contributed by atoms with Crippen molar-refractivity contribution in [3.8, 4) is 11.5 Å². The van der Waals surface area contributed by atoms with Gasteiger partial charge >= 0.3 is 0 Å². The van der Waals surface area contributed by atoms with E-state index in [0.29, 0.717) is 11.5 Å². The van der Waals surface area contributed by atoms with Gasteiger partial charge in [0, 0.05) is 5.39 Å². The number of ether oxygens (including phenoxy) is 2. The molecule has 0 saturated carbocycles. The molecule has 192 valence electrons. The highest BCUT2D eigenvalue weighted by atomic mass is 32.2. The number of carbonyl (C=O) groups is 2. The third-order valence-electron chi connectivity index (χ3n) is 6.59. The Bertz CT molecular complexity index is 1710. The quantitative estimate of drug-likeness (QED) is 0.192. The zero-order chi connectivity index (χ0) is 26.6. The van der Waals surface area contributed by atoms with Crippen molar-refractivity contribution in [2.45, 2.75) is 6.61 Å². The van der Waals surface area contributed by atoms with Crippen LogP contribution in [-0.4, -0.2) is 29.2 Å². The van der Waals surface area contributed by atoms with E-state index in [2.05, 4.69) is 30.3 Å². The van der Waals surface area contributed by atoms with Gasteiger partial charge in [0.1, 0.15) is 24.7 Å². The highest BCUT2D eigenvalue weighted by Crippen LogP contribution is 2.33. The van der Waals surface area contributed by atoms with Crippen LogP contribution in [0.2, 0.25) is 0 Å². The molecule has 0 bridgehead atoms. The van der Waals surface area contributed by atoms with E-state index in [1.807, 2.05) is 78.9 Å². The van der Waals surface area contributed by atoms with Crippen molar-refractivity contribution in [2.24, 2.45) is 0 Å². The normalized spacial score (nSPS) is 14.5. The Morgan fingerprint density at radius 3 is 2.31 bits per heavy atom. The molecule has 6 heteroatoms. The number of thioether (sulfide) groups is 1. The first-order valence-electron chi connectivity index (χ1n) is 12.7. The molecule has 5 nitrogen and oxygen atoms in total. The van der Waals surface area contributed by atoms with Crippen LogP contribution in [0.15, 0.2) is 114 Å². The van der Waals surface area contributed by atoms with E-state index < -0.39 is 0 Å². The van der Waals surface area contributed by atoms with Crippen LogP contribution < -0.4 is 9.47 Å². The predicted octanol–water partition coefficient (Wildman–Crippen LogP) is 7.69. The van der Waals surface area contributed by atoms with Crippen LogP contribution in [0, 0.1) is 0 Å². The lowest BCUT2D eigenvalue weighted by Gasteiger charge is -2.14. The number of rotatable bonds is 8. The molecule has 1 saturated heterocycles. The molecule has 0 N–H and O–H groups in total. The van der Waals surface area contributed by atoms with Gasteiger partial charge in [0.25, 0.3) is 11.1 Å². The van der Waals surface area contributed by atoms with E-state index in [9.17, 15) is 9.59 Å². The van der Waals surface area contributed by atoms with Gasteiger partial charge in [-0.15, -0.1) is 0 Å². The van der Waals surface area contributed by atoms with E-state index in [4.69, 9.17) is 9.47 Å². The van der Waals surface area contributed by atoms with Crippen LogP contribution in [0.4, 0.5) is 4.79 Å². The lowest BCUT2D eigenvalue weighted by molar-refractivity contribution is -0.123. The molecule has 0 atom stereocenters. The second kappa shape index (κ2) is 11.1. The number of nitrogens with zero attached hydrogens (tertiary/aromatic N) is 1. The molecule has 1 aliphatic rings. The summed E-state index contributed by atoms with van der Waals surface area (Å²) in [6.07, 6.45) is 1.74. The number of fused-ring (bicyclic) bond motifs is 2. The van der Waals surface area contributed by atoms with Crippen LogP contribution in [0.5, 0.6) is 11.5 Å². The van der Waals surface area contributed by atoms with Crippen LogP contribution in [0.3, 0.4) is 0 Å². The lowest BCUT2D eigenvalue weighted by atomic mass is 10.1. The molecule has 0 aliphatic carbocycles. The Kier molecular flexibility index (Phi) is 7.02. The molecule has 2 amide bonds. The standard InChI is InChI=1S/C33H25NO4S/c35-32-31(39-33(36)34(32)18-19-37-30-11-5-9-26-7-3-4-10-29(26)30)21-23-13-16-28(17-14-23)38-22-24-12-15-25-6-1-2-8-27(25)20-24/h1-17,20-21H,18-19,22H2/b31-21-. The maximum atomic E-state index is 12.9. The Balaban J connectivity index is 1.05. The maximum Gasteiger partial charge on any atom is 0.293 e. The molecule has 0 radical (unpaired) electrons. The Labute approximate surface area is 230 Å². The Morgan fingerprint density at radius 1 is 0.718 bits per heavy atom. The van der Waals surface area contributed by atoms with Crippen LogP contribution in [-0.2, 0) is 11.4 Å². The summed E-state index contributed by atoms with van der Waals surface area (Å²) >= 11 is 0.950. The summed E-state index contributed by atoms with van der Waals surface area (Å²) in [4.78, 5) is 27.1. The van der Waals surface area contributed by atoms with Gasteiger partial charge in [0.15, 0.2) is 0 Å². The minimum Gasteiger partial charge on any atom is -0.491 e. The number of benzene rings is 5. The Hall–Kier alpha value is -4.55. The number of hydrogen-bond acceptors (Lipinski definition) is 5. The zero-order valence-corrected chi connectivity index (χ0v) is 21.9. The van der Waals surface area contributed by atoms with Gasteiger partial charge in [-0.25, -0.2) is 0 Å². The molecule has 5 aromatic carbocycles. The van der Waals surface area contributed by atoms with Crippen LogP contribution >= 0.6 is 11.8 Å². The van der Waals surface area contributed by atoms with Gasteiger partial charge in [0.05, 0.1) is 11.4 Å². The van der Waals surface area contributed by atoms with Crippen molar-refractivity contribution < 1.29 is 19.1 Å². The highest BCUT2D eigenvalue weighted by molar-refractivity contribution is 8.18. The van der Waals surface area contributed by atoms with Crippen molar-refractivity contribution in [3.63, 3.8) is 0 Å². The minimum atomic E-state index is -0.303. The Morgan fingerprint density at radius 2 is 1.46 bits per heavy atom. The van der Waals surface area contributed by atoms with Gasteiger partial charge < -0.3 is 9.47 Å². The molecule has 1 fully saturated rings. The smallest absolute Gasteiger partial charge is 0.293 e. The van der Waals surface area contributed by atoms with E-state index >= 15 is 0 Å². The third kappa shape index (κ3) is 5.52. The van der Waals surface area contributed by atoms with Crippen molar-refractivity contribution in [2.75, 3.05) is 13.2 Å². The highest BCUT2D eigenvalue weighted by Gasteiger charge is 2.34. The summed E-state index contributed by atoms with van der Waals surface area (Å²) in [5, 5.41) is 4.17. The average molecular weight is 532 g/mol. The van der Waals surface area contributed by atoms with Crippen molar-refractivity contribution in [3.05, 3.63) is 125 Å². The minimum absolute atomic E-state index is 0.187. The summed E-state index contributed by atoms with van der Waals surface area (Å²) in [6, 6.07) is 35.8.